The van der Waals surface area contributed by atoms with Crippen LogP contribution in [0, 0.1) is 0 Å². The fraction of sp³-hybridized carbons (Fsp3) is 0.600. The van der Waals surface area contributed by atoms with Crippen molar-refractivity contribution >= 4 is 11.8 Å². The summed E-state index contributed by atoms with van der Waals surface area (Å²) in [6.07, 6.45) is 2.41. The molecule has 0 bridgehead atoms. The molecule has 15 heavy (non-hydrogen) atoms. The molecule has 3 aliphatic heterocycles. The van der Waals surface area contributed by atoms with E-state index in [0.717, 1.165) is 19.7 Å². The first-order chi connectivity index (χ1) is 7.40. The number of morpholine rings is 1. The van der Waals surface area contributed by atoms with Gasteiger partial charge in [0.25, 0.3) is 0 Å². The molecule has 0 radical (unpaired) electrons. The topological polar surface area (TPSA) is 36.5 Å². The Morgan fingerprint density at radius 3 is 3.53 bits per heavy atom. The zero-order valence-electron chi connectivity index (χ0n) is 8.69. The number of nitrogens with one attached hydrogen (secondary N) is 2. The predicted octanol–water partition coefficient (Wildman–Crippen LogP) is 0.266. The van der Waals surface area contributed by atoms with Crippen LogP contribution in [0.5, 0.6) is 0 Å². The summed E-state index contributed by atoms with van der Waals surface area (Å²) in [5.74, 6) is 0. The quantitative estimate of drug-likeness (QED) is 0.705. The van der Waals surface area contributed by atoms with Gasteiger partial charge < -0.3 is 15.1 Å². The number of likely N-dealkylation sites (N-methyl/N-ethyl adjacent to an activating group) is 1. The van der Waals surface area contributed by atoms with Gasteiger partial charge in [-0.3, -0.25) is 0 Å². The molecule has 3 aliphatic rings. The van der Waals surface area contributed by atoms with Crippen LogP contribution in [-0.4, -0.2) is 43.9 Å². The van der Waals surface area contributed by atoms with Crippen molar-refractivity contribution < 1.29 is 4.74 Å². The van der Waals surface area contributed by atoms with Crippen LogP contribution in [0.15, 0.2) is 22.1 Å². The molecule has 4 nitrogen and oxygen atoms in total. The fourth-order valence-electron chi connectivity index (χ4n) is 2.27. The lowest BCUT2D eigenvalue weighted by atomic mass is 10.1. The van der Waals surface area contributed by atoms with Crippen LogP contribution >= 0.6 is 11.8 Å². The average Bonchev–Trinajstić information content (AvgIpc) is 2.77. The lowest BCUT2D eigenvalue weighted by molar-refractivity contribution is -0.000674. The summed E-state index contributed by atoms with van der Waals surface area (Å²) in [4.78, 5) is 1.41. The van der Waals surface area contributed by atoms with Gasteiger partial charge in [-0.05, 0) is 12.5 Å². The smallest absolute Gasteiger partial charge is 0.112 e. The molecule has 0 spiro atoms. The van der Waals surface area contributed by atoms with Gasteiger partial charge in [-0.1, -0.05) is 17.8 Å². The van der Waals surface area contributed by atoms with Gasteiger partial charge >= 0.3 is 0 Å². The predicted molar refractivity (Wildman–Crippen MR) is 61.1 cm³/mol. The number of hydrazine groups is 1. The molecule has 2 unspecified atom stereocenters. The first-order valence-corrected chi connectivity index (χ1v) is 6.15. The third-order valence-electron chi connectivity index (χ3n) is 2.92. The highest BCUT2D eigenvalue weighted by Crippen LogP contribution is 2.39. The molecule has 3 rings (SSSR count). The molecule has 2 atom stereocenters. The van der Waals surface area contributed by atoms with Crippen molar-refractivity contribution in [2.45, 2.75) is 12.1 Å². The van der Waals surface area contributed by atoms with Gasteiger partial charge in [0.1, 0.15) is 6.10 Å². The molecule has 0 aromatic heterocycles. The van der Waals surface area contributed by atoms with Crippen molar-refractivity contribution in [1.29, 1.82) is 0 Å². The summed E-state index contributed by atoms with van der Waals surface area (Å²) in [7, 11) is 1.97. The molecule has 82 valence electrons. The van der Waals surface area contributed by atoms with E-state index in [2.05, 4.69) is 27.2 Å². The maximum Gasteiger partial charge on any atom is 0.112 e. The number of rotatable bonds is 2. The van der Waals surface area contributed by atoms with Gasteiger partial charge in [-0.2, -0.15) is 0 Å². The van der Waals surface area contributed by atoms with E-state index in [9.17, 15) is 0 Å². The molecule has 5 heteroatoms. The Kier molecular flexibility index (Phi) is 2.48. The Labute approximate surface area is 93.7 Å². The Morgan fingerprint density at radius 1 is 1.73 bits per heavy atom. The van der Waals surface area contributed by atoms with E-state index in [1.165, 1.54) is 10.6 Å². The summed E-state index contributed by atoms with van der Waals surface area (Å²) in [6.45, 7) is 2.63. The van der Waals surface area contributed by atoms with Crippen LogP contribution in [0.2, 0.25) is 0 Å². The van der Waals surface area contributed by atoms with Crippen molar-refractivity contribution in [1.82, 2.24) is 15.8 Å². The van der Waals surface area contributed by atoms with Crippen LogP contribution in [0.1, 0.15) is 0 Å². The monoisotopic (exact) mass is 225 g/mol. The second-order valence-electron chi connectivity index (χ2n) is 3.87. The Hall–Kier alpha value is -0.490. The Bertz CT molecular complexity index is 327. The van der Waals surface area contributed by atoms with Gasteiger partial charge in [0.05, 0.1) is 24.9 Å². The maximum absolute atomic E-state index is 5.80. The van der Waals surface area contributed by atoms with Crippen molar-refractivity contribution in [2.75, 3.05) is 26.7 Å². The van der Waals surface area contributed by atoms with Gasteiger partial charge in [-0.25, -0.2) is 5.43 Å². The van der Waals surface area contributed by atoms with Crippen molar-refractivity contribution in [2.24, 2.45) is 0 Å². The molecule has 1 saturated heterocycles. The second-order valence-corrected chi connectivity index (χ2v) is 4.82. The van der Waals surface area contributed by atoms with Crippen LogP contribution in [0.25, 0.3) is 0 Å². The molecule has 0 saturated carbocycles. The van der Waals surface area contributed by atoms with E-state index in [1.54, 1.807) is 0 Å². The molecular weight excluding hydrogens is 210 g/mol. The number of hydrogen-bond donors (Lipinski definition) is 2. The number of nitrogens with zero attached hydrogens (tertiary/aromatic N) is 1. The maximum atomic E-state index is 5.80. The molecule has 0 amide bonds. The van der Waals surface area contributed by atoms with Gasteiger partial charge in [0.15, 0.2) is 0 Å². The van der Waals surface area contributed by atoms with E-state index in [1.807, 2.05) is 18.8 Å². The molecule has 0 aromatic carbocycles. The highest BCUT2D eigenvalue weighted by molar-refractivity contribution is 8.06. The van der Waals surface area contributed by atoms with Crippen LogP contribution in [0.3, 0.4) is 0 Å². The summed E-state index contributed by atoms with van der Waals surface area (Å²) in [6, 6.07) is 0.394. The van der Waals surface area contributed by atoms with E-state index < -0.39 is 0 Å². The van der Waals surface area contributed by atoms with E-state index in [4.69, 9.17) is 4.74 Å². The standard InChI is InChI=1S/C10H15N3OS/c1-11-6-8-9-10-7(2-5-15-10)12-13(9)3-4-14-8/h2,5,7-8,11-12H,3-4,6H2,1H3. The molecule has 2 N–H and O–H groups in total. The number of thioether (sulfide) groups is 1. The molecular formula is C10H15N3OS. The molecule has 0 aromatic rings. The minimum absolute atomic E-state index is 0.198. The van der Waals surface area contributed by atoms with E-state index in [0.29, 0.717) is 6.04 Å². The Morgan fingerprint density at radius 2 is 2.67 bits per heavy atom. The number of fused-ring (bicyclic) bond motifs is 2. The van der Waals surface area contributed by atoms with Gasteiger partial charge in [0.2, 0.25) is 0 Å². The van der Waals surface area contributed by atoms with E-state index in [-0.39, 0.29) is 6.10 Å². The zero-order valence-corrected chi connectivity index (χ0v) is 9.51. The molecule has 0 aliphatic carbocycles. The molecule has 3 heterocycles. The highest BCUT2D eigenvalue weighted by Gasteiger charge is 2.38. The van der Waals surface area contributed by atoms with Crippen LogP contribution in [0.4, 0.5) is 0 Å². The third kappa shape index (κ3) is 1.50. The van der Waals surface area contributed by atoms with Crippen molar-refractivity contribution in [3.8, 4) is 0 Å². The second kappa shape index (κ2) is 3.83. The zero-order chi connectivity index (χ0) is 10.3. The van der Waals surface area contributed by atoms with Crippen LogP contribution < -0.4 is 10.7 Å². The first-order valence-electron chi connectivity index (χ1n) is 5.27. The first kappa shape index (κ1) is 9.72. The number of hydrogen-bond acceptors (Lipinski definition) is 5. The van der Waals surface area contributed by atoms with Crippen molar-refractivity contribution in [3.63, 3.8) is 0 Å². The summed E-state index contributed by atoms with van der Waals surface area (Å²) in [5.41, 5.74) is 4.82. The SMILES string of the molecule is CNCC1OCCN2NC3C=CSC3=C12. The van der Waals surface area contributed by atoms with Crippen molar-refractivity contribution in [3.05, 3.63) is 22.1 Å². The minimum atomic E-state index is 0.198. The average molecular weight is 225 g/mol. The normalized spacial score (nSPS) is 33.5. The van der Waals surface area contributed by atoms with Gasteiger partial charge in [-0.15, -0.1) is 0 Å². The third-order valence-corrected chi connectivity index (χ3v) is 3.93. The minimum Gasteiger partial charge on any atom is -0.369 e. The lowest BCUT2D eigenvalue weighted by Crippen LogP contribution is -2.47. The van der Waals surface area contributed by atoms with Gasteiger partial charge in [0, 0.05) is 11.4 Å². The highest BCUT2D eigenvalue weighted by atomic mass is 32.2. The molecule has 1 fully saturated rings. The summed E-state index contributed by atoms with van der Waals surface area (Å²) >= 11 is 1.82. The van der Waals surface area contributed by atoms with Crippen LogP contribution in [-0.2, 0) is 4.74 Å². The lowest BCUT2D eigenvalue weighted by Gasteiger charge is -2.33. The summed E-state index contributed by atoms with van der Waals surface area (Å²) in [5, 5.41) is 7.59. The fourth-order valence-corrected chi connectivity index (χ4v) is 3.29. The Balaban J connectivity index is 1.89. The summed E-state index contributed by atoms with van der Waals surface area (Å²) < 4.78 is 5.80. The largest absolute Gasteiger partial charge is 0.369 e. The van der Waals surface area contributed by atoms with E-state index >= 15 is 0 Å². The number of ether oxygens (including phenoxy) is 1.